The monoisotopic (exact) mass is 340 g/mol. The van der Waals surface area contributed by atoms with Crippen molar-refractivity contribution in [3.63, 3.8) is 0 Å². The van der Waals surface area contributed by atoms with Crippen LogP contribution in [0.3, 0.4) is 0 Å². The molecule has 0 saturated carbocycles. The van der Waals surface area contributed by atoms with E-state index in [9.17, 15) is 4.79 Å². The Balaban J connectivity index is 1.81. The molecule has 0 radical (unpaired) electrons. The Bertz CT molecular complexity index is 859. The number of hydrogen-bond acceptors (Lipinski definition) is 3. The molecule has 0 saturated heterocycles. The van der Waals surface area contributed by atoms with Gasteiger partial charge in [-0.15, -0.1) is 0 Å². The van der Waals surface area contributed by atoms with Crippen molar-refractivity contribution >= 4 is 17.5 Å². The van der Waals surface area contributed by atoms with Gasteiger partial charge in [-0.3, -0.25) is 4.79 Å². The van der Waals surface area contributed by atoms with E-state index in [2.05, 4.69) is 10.3 Å². The smallest absolute Gasteiger partial charge is 0.253 e. The first-order valence-electron chi connectivity index (χ1n) is 7.53. The van der Waals surface area contributed by atoms with E-state index in [1.165, 1.54) is 0 Å². The van der Waals surface area contributed by atoms with Gasteiger partial charge in [0.1, 0.15) is 0 Å². The zero-order chi connectivity index (χ0) is 16.9. The van der Waals surface area contributed by atoms with Crippen LogP contribution in [0.15, 0.2) is 61.1 Å². The van der Waals surface area contributed by atoms with Crippen LogP contribution >= 0.6 is 11.6 Å². The number of halogens is 1. The second-order valence-electron chi connectivity index (χ2n) is 5.27. The zero-order valence-electron chi connectivity index (χ0n) is 12.9. The van der Waals surface area contributed by atoms with Gasteiger partial charge in [0.2, 0.25) is 0 Å². The molecule has 0 unspecified atom stereocenters. The summed E-state index contributed by atoms with van der Waals surface area (Å²) in [6.45, 7) is 0.721. The highest BCUT2D eigenvalue weighted by molar-refractivity contribution is 6.31. The number of nitrogens with two attached hydrogens (primary N) is 1. The van der Waals surface area contributed by atoms with Crippen molar-refractivity contribution in [2.45, 2.75) is 13.1 Å². The molecule has 24 heavy (non-hydrogen) atoms. The molecule has 3 aromatic rings. The molecule has 0 aliphatic heterocycles. The van der Waals surface area contributed by atoms with E-state index in [-0.39, 0.29) is 5.91 Å². The fraction of sp³-hybridized carbons (Fsp3) is 0.111. The van der Waals surface area contributed by atoms with Gasteiger partial charge in [0.25, 0.3) is 5.91 Å². The molecule has 0 aliphatic carbocycles. The Hall–Kier alpha value is -2.63. The van der Waals surface area contributed by atoms with Crippen molar-refractivity contribution in [2.24, 2.45) is 5.73 Å². The van der Waals surface area contributed by atoms with Gasteiger partial charge in [0.05, 0.1) is 23.3 Å². The highest BCUT2D eigenvalue weighted by atomic mass is 35.5. The van der Waals surface area contributed by atoms with Crippen molar-refractivity contribution in [2.75, 3.05) is 0 Å². The minimum Gasteiger partial charge on any atom is -0.348 e. The lowest BCUT2D eigenvalue weighted by molar-refractivity contribution is 0.0951. The van der Waals surface area contributed by atoms with Gasteiger partial charge in [0, 0.05) is 24.3 Å². The number of nitrogens with one attached hydrogen (secondary N) is 1. The first kappa shape index (κ1) is 16.2. The molecular formula is C18H17ClN4O. The second-order valence-corrected chi connectivity index (χ2v) is 5.67. The first-order chi connectivity index (χ1) is 11.7. The summed E-state index contributed by atoms with van der Waals surface area (Å²) in [4.78, 5) is 16.8. The van der Waals surface area contributed by atoms with E-state index < -0.39 is 0 Å². The summed E-state index contributed by atoms with van der Waals surface area (Å²) in [6, 6.07) is 14.8. The molecule has 0 spiro atoms. The van der Waals surface area contributed by atoms with Crippen molar-refractivity contribution in [1.82, 2.24) is 14.9 Å². The fourth-order valence-electron chi connectivity index (χ4n) is 2.40. The maximum Gasteiger partial charge on any atom is 0.253 e. The minimum atomic E-state index is -0.173. The highest BCUT2D eigenvalue weighted by Crippen LogP contribution is 2.17. The van der Waals surface area contributed by atoms with Crippen LogP contribution in [0.4, 0.5) is 0 Å². The summed E-state index contributed by atoms with van der Waals surface area (Å²) >= 11 is 6.12. The van der Waals surface area contributed by atoms with Gasteiger partial charge in [0.15, 0.2) is 0 Å². The maximum atomic E-state index is 12.6. The molecule has 0 bridgehead atoms. The van der Waals surface area contributed by atoms with Gasteiger partial charge in [-0.2, -0.15) is 0 Å². The zero-order valence-corrected chi connectivity index (χ0v) is 13.7. The average molecular weight is 341 g/mol. The Morgan fingerprint density at radius 1 is 1.17 bits per heavy atom. The predicted octanol–water partition coefficient (Wildman–Crippen LogP) is 2.91. The van der Waals surface area contributed by atoms with E-state index in [1.807, 2.05) is 42.6 Å². The SMILES string of the molecule is NCc1cn(-c2ccccc2C(=O)NCc2ccccc2Cl)cn1. The second kappa shape index (κ2) is 7.29. The van der Waals surface area contributed by atoms with Crippen LogP contribution in [0.2, 0.25) is 5.02 Å². The van der Waals surface area contributed by atoms with Gasteiger partial charge in [-0.25, -0.2) is 4.98 Å². The van der Waals surface area contributed by atoms with Crippen molar-refractivity contribution < 1.29 is 4.79 Å². The fourth-order valence-corrected chi connectivity index (χ4v) is 2.61. The van der Waals surface area contributed by atoms with Crippen LogP contribution in [0, 0.1) is 0 Å². The van der Waals surface area contributed by atoms with E-state index in [1.54, 1.807) is 23.0 Å². The normalized spacial score (nSPS) is 10.6. The summed E-state index contributed by atoms with van der Waals surface area (Å²) < 4.78 is 1.80. The summed E-state index contributed by atoms with van der Waals surface area (Å²) in [6.07, 6.45) is 3.47. The molecule has 1 amide bonds. The predicted molar refractivity (Wildman–Crippen MR) is 94.1 cm³/mol. The molecule has 3 N–H and O–H groups in total. The van der Waals surface area contributed by atoms with Crippen LogP contribution in [-0.2, 0) is 13.1 Å². The number of benzene rings is 2. The molecule has 6 heteroatoms. The number of nitrogens with zero attached hydrogens (tertiary/aromatic N) is 2. The standard InChI is InChI=1S/C18H17ClN4O/c19-16-7-3-1-5-13(16)10-21-18(24)15-6-2-4-8-17(15)23-11-14(9-20)22-12-23/h1-8,11-12H,9-10,20H2,(H,21,24). The van der Waals surface area contributed by atoms with E-state index in [4.69, 9.17) is 17.3 Å². The largest absolute Gasteiger partial charge is 0.348 e. The highest BCUT2D eigenvalue weighted by Gasteiger charge is 2.13. The van der Waals surface area contributed by atoms with E-state index >= 15 is 0 Å². The number of imidazole rings is 1. The molecule has 122 valence electrons. The Morgan fingerprint density at radius 3 is 2.67 bits per heavy atom. The van der Waals surface area contributed by atoms with Crippen LogP contribution in [-0.4, -0.2) is 15.5 Å². The van der Waals surface area contributed by atoms with Crippen LogP contribution in [0.1, 0.15) is 21.6 Å². The quantitative estimate of drug-likeness (QED) is 0.750. The number of hydrogen-bond donors (Lipinski definition) is 2. The summed E-state index contributed by atoms with van der Waals surface area (Å²) in [5, 5.41) is 3.54. The van der Waals surface area contributed by atoms with E-state index in [0.29, 0.717) is 23.7 Å². The lowest BCUT2D eigenvalue weighted by atomic mass is 10.1. The molecule has 0 atom stereocenters. The molecule has 5 nitrogen and oxygen atoms in total. The maximum absolute atomic E-state index is 12.6. The molecule has 0 aliphatic rings. The lowest BCUT2D eigenvalue weighted by Crippen LogP contribution is -2.24. The molecule has 2 aromatic carbocycles. The van der Waals surface area contributed by atoms with Gasteiger partial charge < -0.3 is 15.6 Å². The Kier molecular flexibility index (Phi) is 4.93. The number of carbonyl (C=O) groups is 1. The lowest BCUT2D eigenvalue weighted by Gasteiger charge is -2.11. The topological polar surface area (TPSA) is 72.9 Å². The van der Waals surface area contributed by atoms with Crippen molar-refractivity contribution in [3.8, 4) is 5.69 Å². The molecule has 1 aromatic heterocycles. The van der Waals surface area contributed by atoms with Gasteiger partial charge >= 0.3 is 0 Å². The van der Waals surface area contributed by atoms with Crippen molar-refractivity contribution in [1.29, 1.82) is 0 Å². The molecular weight excluding hydrogens is 324 g/mol. The molecule has 1 heterocycles. The number of amides is 1. The Labute approximate surface area is 145 Å². The van der Waals surface area contributed by atoms with Crippen LogP contribution in [0.5, 0.6) is 0 Å². The minimum absolute atomic E-state index is 0.173. The Morgan fingerprint density at radius 2 is 1.92 bits per heavy atom. The number of aromatic nitrogens is 2. The van der Waals surface area contributed by atoms with Gasteiger partial charge in [-0.05, 0) is 23.8 Å². The van der Waals surface area contributed by atoms with Crippen molar-refractivity contribution in [3.05, 3.63) is 82.9 Å². The molecule has 3 rings (SSSR count). The number of carbonyl (C=O) groups excluding carboxylic acids is 1. The summed E-state index contributed by atoms with van der Waals surface area (Å²) in [5.74, 6) is -0.173. The van der Waals surface area contributed by atoms with Gasteiger partial charge in [-0.1, -0.05) is 41.9 Å². The third-order valence-corrected chi connectivity index (χ3v) is 4.04. The third-order valence-electron chi connectivity index (χ3n) is 3.67. The summed E-state index contributed by atoms with van der Waals surface area (Å²) in [5.41, 5.74) is 8.55. The number of para-hydroxylation sites is 1. The van der Waals surface area contributed by atoms with Crippen LogP contribution < -0.4 is 11.1 Å². The summed E-state index contributed by atoms with van der Waals surface area (Å²) in [7, 11) is 0. The van der Waals surface area contributed by atoms with E-state index in [0.717, 1.165) is 16.9 Å². The molecule has 0 fully saturated rings. The van der Waals surface area contributed by atoms with Crippen LogP contribution in [0.25, 0.3) is 5.69 Å². The number of rotatable bonds is 5. The first-order valence-corrected chi connectivity index (χ1v) is 7.91. The third kappa shape index (κ3) is 3.48. The average Bonchev–Trinajstić information content (AvgIpc) is 3.10.